The van der Waals surface area contributed by atoms with E-state index in [2.05, 4.69) is 10.3 Å². The molecule has 0 atom stereocenters. The lowest BCUT2D eigenvalue weighted by atomic mass is 10.0. The Kier molecular flexibility index (Phi) is 5.98. The molecule has 1 aliphatic rings. The number of sulfone groups is 1. The molecule has 0 aromatic carbocycles. The van der Waals surface area contributed by atoms with E-state index in [0.29, 0.717) is 19.0 Å². The molecule has 6 nitrogen and oxygen atoms in total. The van der Waals surface area contributed by atoms with Gasteiger partial charge >= 0.3 is 0 Å². The number of nitrogens with zero attached hydrogens (tertiary/aromatic N) is 1. The van der Waals surface area contributed by atoms with Crippen molar-refractivity contribution in [3.05, 3.63) is 23.9 Å². The first-order chi connectivity index (χ1) is 11.3. The van der Waals surface area contributed by atoms with Crippen LogP contribution >= 0.6 is 0 Å². The number of rotatable bonds is 6. The van der Waals surface area contributed by atoms with Crippen molar-refractivity contribution in [2.75, 3.05) is 24.3 Å². The number of ether oxygens (including phenoxy) is 1. The summed E-state index contributed by atoms with van der Waals surface area (Å²) in [6.45, 7) is 6.09. The second kappa shape index (κ2) is 7.61. The van der Waals surface area contributed by atoms with E-state index in [0.717, 1.165) is 24.8 Å². The summed E-state index contributed by atoms with van der Waals surface area (Å²) in [5.74, 6) is -0.0967. The minimum Gasteiger partial charge on any atom is -0.381 e. The fraction of sp³-hybridized carbons (Fsp3) is 0.647. The van der Waals surface area contributed by atoms with Crippen molar-refractivity contribution in [3.63, 3.8) is 0 Å². The van der Waals surface area contributed by atoms with Gasteiger partial charge < -0.3 is 10.1 Å². The lowest BCUT2D eigenvalue weighted by molar-refractivity contribution is -0.117. The van der Waals surface area contributed by atoms with E-state index >= 15 is 0 Å². The lowest BCUT2D eigenvalue weighted by Crippen LogP contribution is -2.47. The average molecular weight is 354 g/mol. The number of pyridine rings is 1. The molecule has 1 aliphatic heterocycles. The van der Waals surface area contributed by atoms with E-state index in [9.17, 15) is 13.2 Å². The molecule has 0 radical (unpaired) electrons. The number of hydrogen-bond acceptors (Lipinski definition) is 5. The summed E-state index contributed by atoms with van der Waals surface area (Å²) in [6.07, 6.45) is 3.86. The Bertz CT molecular complexity index is 680. The van der Waals surface area contributed by atoms with Gasteiger partial charge in [0.15, 0.2) is 9.84 Å². The molecule has 1 N–H and O–H groups in total. The molecule has 1 amide bonds. The zero-order chi connectivity index (χ0) is 17.8. The van der Waals surface area contributed by atoms with Crippen LogP contribution in [0.3, 0.4) is 0 Å². The summed E-state index contributed by atoms with van der Waals surface area (Å²) in [4.78, 5) is 16.7. The normalized spacial score (nSPS) is 16.8. The molecule has 2 heterocycles. The first-order valence-corrected chi connectivity index (χ1v) is 9.98. The molecule has 0 unspecified atom stereocenters. The first kappa shape index (κ1) is 18.9. The highest BCUT2D eigenvalue weighted by Gasteiger charge is 2.43. The van der Waals surface area contributed by atoms with Crippen molar-refractivity contribution in [1.29, 1.82) is 0 Å². The smallest absolute Gasteiger partial charge is 0.246 e. The highest BCUT2D eigenvalue weighted by atomic mass is 32.2. The van der Waals surface area contributed by atoms with E-state index in [1.54, 1.807) is 12.3 Å². The number of amides is 1. The van der Waals surface area contributed by atoms with Crippen LogP contribution in [0.15, 0.2) is 18.3 Å². The van der Waals surface area contributed by atoms with Gasteiger partial charge in [-0.25, -0.2) is 13.4 Å². The zero-order valence-electron chi connectivity index (χ0n) is 14.5. The molecule has 0 aliphatic carbocycles. The van der Waals surface area contributed by atoms with Gasteiger partial charge in [0.05, 0.1) is 5.75 Å². The summed E-state index contributed by atoms with van der Waals surface area (Å²) in [5, 5.41) is 2.65. The number of hydrogen-bond donors (Lipinski definition) is 1. The Morgan fingerprint density at radius 2 is 2.04 bits per heavy atom. The summed E-state index contributed by atoms with van der Waals surface area (Å²) in [7, 11) is -3.59. The highest BCUT2D eigenvalue weighted by molar-refractivity contribution is 7.93. The highest BCUT2D eigenvalue weighted by Crippen LogP contribution is 2.25. The third-order valence-corrected chi connectivity index (χ3v) is 7.25. The molecule has 2 rings (SSSR count). The monoisotopic (exact) mass is 354 g/mol. The Labute approximate surface area is 143 Å². The van der Waals surface area contributed by atoms with Gasteiger partial charge in [-0.05, 0) is 56.7 Å². The van der Waals surface area contributed by atoms with Gasteiger partial charge in [0.1, 0.15) is 10.6 Å². The van der Waals surface area contributed by atoms with E-state index in [1.807, 2.05) is 13.0 Å². The zero-order valence-corrected chi connectivity index (χ0v) is 15.4. The van der Waals surface area contributed by atoms with Crippen LogP contribution in [0, 0.1) is 5.92 Å². The molecule has 1 fully saturated rings. The van der Waals surface area contributed by atoms with E-state index in [4.69, 9.17) is 4.74 Å². The second-order valence-electron chi connectivity index (χ2n) is 6.70. The fourth-order valence-corrected chi connectivity index (χ4v) is 4.31. The minimum absolute atomic E-state index is 0.0131. The van der Waals surface area contributed by atoms with Crippen molar-refractivity contribution in [2.45, 2.75) is 44.8 Å². The van der Waals surface area contributed by atoms with Gasteiger partial charge in [0.2, 0.25) is 5.91 Å². The van der Waals surface area contributed by atoms with Crippen molar-refractivity contribution in [1.82, 2.24) is 4.98 Å². The summed E-state index contributed by atoms with van der Waals surface area (Å²) >= 11 is 0. The number of anilines is 1. The van der Waals surface area contributed by atoms with Crippen LogP contribution in [0.25, 0.3) is 0 Å². The van der Waals surface area contributed by atoms with E-state index < -0.39 is 20.5 Å². The molecule has 1 aromatic heterocycles. The van der Waals surface area contributed by atoms with E-state index in [1.165, 1.54) is 13.8 Å². The summed E-state index contributed by atoms with van der Waals surface area (Å²) in [6, 6.07) is 3.63. The number of aryl methyl sites for hydroxylation is 1. The molecule has 0 saturated carbocycles. The van der Waals surface area contributed by atoms with Gasteiger partial charge in [-0.1, -0.05) is 6.92 Å². The number of aromatic nitrogens is 1. The van der Waals surface area contributed by atoms with Crippen LogP contribution in [0.2, 0.25) is 0 Å². The quantitative estimate of drug-likeness (QED) is 0.846. The van der Waals surface area contributed by atoms with Crippen LogP contribution in [0.1, 0.15) is 39.2 Å². The van der Waals surface area contributed by atoms with Gasteiger partial charge in [-0.15, -0.1) is 0 Å². The van der Waals surface area contributed by atoms with Crippen LogP contribution in [0.5, 0.6) is 0 Å². The van der Waals surface area contributed by atoms with Crippen LogP contribution in [-0.4, -0.2) is 43.0 Å². The largest absolute Gasteiger partial charge is 0.381 e. The van der Waals surface area contributed by atoms with Crippen molar-refractivity contribution < 1.29 is 17.9 Å². The lowest BCUT2D eigenvalue weighted by Gasteiger charge is -2.28. The predicted molar refractivity (Wildman–Crippen MR) is 93.7 cm³/mol. The molecule has 1 saturated heterocycles. The van der Waals surface area contributed by atoms with Crippen molar-refractivity contribution in [2.24, 2.45) is 5.92 Å². The fourth-order valence-electron chi connectivity index (χ4n) is 2.60. The maximum Gasteiger partial charge on any atom is 0.246 e. The standard InChI is InChI=1S/C17H26N2O4S/c1-4-13-5-8-18-15(11-13)19-16(20)17(2,3)24(21,22)12-14-6-9-23-10-7-14/h5,8,11,14H,4,6-7,9-10,12H2,1-3H3,(H,18,19,20). The van der Waals surface area contributed by atoms with Crippen molar-refractivity contribution in [3.8, 4) is 0 Å². The summed E-state index contributed by atoms with van der Waals surface area (Å²) < 4.78 is 29.3. The number of carbonyl (C=O) groups excluding carboxylic acids is 1. The number of nitrogens with one attached hydrogen (secondary N) is 1. The van der Waals surface area contributed by atoms with Gasteiger partial charge in [0, 0.05) is 19.4 Å². The van der Waals surface area contributed by atoms with Crippen LogP contribution in [0.4, 0.5) is 5.82 Å². The molecule has 0 spiro atoms. The maximum absolute atomic E-state index is 12.8. The minimum atomic E-state index is -3.59. The predicted octanol–water partition coefficient (Wildman–Crippen LogP) is 2.20. The van der Waals surface area contributed by atoms with Gasteiger partial charge in [0.25, 0.3) is 0 Å². The molecule has 24 heavy (non-hydrogen) atoms. The molecule has 7 heteroatoms. The Hall–Kier alpha value is -1.47. The van der Waals surface area contributed by atoms with Crippen LogP contribution < -0.4 is 5.32 Å². The maximum atomic E-state index is 12.8. The Morgan fingerprint density at radius 1 is 1.38 bits per heavy atom. The average Bonchev–Trinajstić information content (AvgIpc) is 2.55. The molecule has 0 bridgehead atoms. The van der Waals surface area contributed by atoms with Gasteiger partial charge in [-0.2, -0.15) is 0 Å². The first-order valence-electron chi connectivity index (χ1n) is 8.32. The third-order valence-electron chi connectivity index (χ3n) is 4.59. The third kappa shape index (κ3) is 4.33. The Balaban J connectivity index is 2.10. The summed E-state index contributed by atoms with van der Waals surface area (Å²) in [5.41, 5.74) is 1.03. The van der Waals surface area contributed by atoms with Crippen molar-refractivity contribution >= 4 is 21.6 Å². The molecule has 134 valence electrons. The van der Waals surface area contributed by atoms with Gasteiger partial charge in [-0.3, -0.25) is 4.79 Å². The Morgan fingerprint density at radius 3 is 2.67 bits per heavy atom. The topological polar surface area (TPSA) is 85.4 Å². The molecular formula is C17H26N2O4S. The number of carbonyl (C=O) groups is 1. The van der Waals surface area contributed by atoms with Crippen LogP contribution in [-0.2, 0) is 25.8 Å². The molecular weight excluding hydrogens is 328 g/mol. The second-order valence-corrected chi connectivity index (χ2v) is 9.29. The SMILES string of the molecule is CCc1ccnc(NC(=O)C(C)(C)S(=O)(=O)CC2CCOCC2)c1. The van der Waals surface area contributed by atoms with E-state index in [-0.39, 0.29) is 11.7 Å². The molecule has 1 aromatic rings.